The third-order valence-corrected chi connectivity index (χ3v) is 5.58. The summed E-state index contributed by atoms with van der Waals surface area (Å²) in [4.78, 5) is 55.3. The molecule has 2 heterocycles. The van der Waals surface area contributed by atoms with E-state index in [9.17, 15) is 24.4 Å². The smallest absolute Gasteiger partial charge is 0.333 e. The van der Waals surface area contributed by atoms with Crippen molar-refractivity contribution < 1.29 is 19.5 Å². The van der Waals surface area contributed by atoms with Crippen LogP contribution < -0.4 is 5.32 Å². The Hall–Kier alpha value is -3.95. The van der Waals surface area contributed by atoms with E-state index in [0.29, 0.717) is 12.0 Å². The number of ketones is 1. The summed E-state index contributed by atoms with van der Waals surface area (Å²) in [6.07, 6.45) is 3.45. The highest BCUT2D eigenvalue weighted by atomic mass is 16.3. The number of imidazole rings is 1. The van der Waals surface area contributed by atoms with Crippen LogP contribution in [-0.2, 0) is 6.42 Å². The monoisotopic (exact) mass is 421 g/mol. The molecule has 0 radical (unpaired) electrons. The van der Waals surface area contributed by atoms with E-state index in [4.69, 9.17) is 0 Å². The number of nitrogens with one attached hydrogen (secondary N) is 1. The molecule has 1 aromatic carbocycles. The molecule has 0 aliphatic heterocycles. The lowest BCUT2D eigenvalue weighted by Crippen LogP contribution is -2.32. The Morgan fingerprint density at radius 2 is 2.03 bits per heavy atom. The molecule has 2 aromatic heterocycles. The summed E-state index contributed by atoms with van der Waals surface area (Å²) in [5.74, 6) is -2.20. The first-order valence-electron chi connectivity index (χ1n) is 9.71. The second-order valence-electron chi connectivity index (χ2n) is 7.47. The van der Waals surface area contributed by atoms with Crippen molar-refractivity contribution in [3.8, 4) is 5.88 Å². The minimum absolute atomic E-state index is 0.00658. The van der Waals surface area contributed by atoms with Crippen LogP contribution in [0.5, 0.6) is 5.88 Å². The van der Waals surface area contributed by atoms with Gasteiger partial charge in [0.1, 0.15) is 11.4 Å². The fourth-order valence-electron chi connectivity index (χ4n) is 4.12. The number of amides is 2. The van der Waals surface area contributed by atoms with E-state index in [1.807, 2.05) is 13.0 Å². The molecule has 0 saturated carbocycles. The number of benzene rings is 1. The normalized spacial score (nSPS) is 15.4. The maximum atomic E-state index is 12.9. The number of Topliss-reactive ketones (excluding diaryl/α,β-unsaturated/α-hetero) is 1. The molecule has 10 nitrogen and oxygen atoms in total. The van der Waals surface area contributed by atoms with E-state index >= 15 is 0 Å². The Kier molecular flexibility index (Phi) is 5.05. The van der Waals surface area contributed by atoms with Crippen LogP contribution in [0.4, 0.5) is 0 Å². The molecule has 1 unspecified atom stereocenters. The highest BCUT2D eigenvalue weighted by Gasteiger charge is 2.26. The average molecular weight is 421 g/mol. The topological polar surface area (TPSA) is 143 Å². The molecule has 158 valence electrons. The average Bonchev–Trinajstić information content (AvgIpc) is 3.12. The lowest BCUT2D eigenvalue weighted by atomic mass is 9.83. The highest BCUT2D eigenvalue weighted by Crippen LogP contribution is 2.33. The van der Waals surface area contributed by atoms with Gasteiger partial charge in [-0.1, -0.05) is 12.1 Å². The fraction of sp³-hybridized carbons (Fsp3) is 0.286. The Bertz CT molecular complexity index is 1260. The van der Waals surface area contributed by atoms with Crippen molar-refractivity contribution in [3.05, 3.63) is 62.9 Å². The van der Waals surface area contributed by atoms with E-state index in [1.54, 1.807) is 6.07 Å². The van der Waals surface area contributed by atoms with Crippen molar-refractivity contribution in [1.29, 1.82) is 0 Å². The zero-order chi connectivity index (χ0) is 22.3. The Morgan fingerprint density at radius 3 is 2.74 bits per heavy atom. The summed E-state index contributed by atoms with van der Waals surface area (Å²) in [5.41, 5.74) is 3.21. The summed E-state index contributed by atoms with van der Waals surface area (Å²) in [6, 6.07) is 4.47. The van der Waals surface area contributed by atoms with Crippen LogP contribution in [0.25, 0.3) is 5.78 Å². The van der Waals surface area contributed by atoms with Crippen LogP contribution in [0.1, 0.15) is 73.8 Å². The number of aromatic hydroxyl groups is 1. The molecule has 1 atom stereocenters. The first-order chi connectivity index (χ1) is 14.8. The summed E-state index contributed by atoms with van der Waals surface area (Å²) in [5, 5.41) is 14.9. The minimum Gasteiger partial charge on any atom is -0.492 e. The van der Waals surface area contributed by atoms with Gasteiger partial charge in [-0.25, -0.2) is 4.98 Å². The maximum Gasteiger partial charge on any atom is 0.333 e. The van der Waals surface area contributed by atoms with Gasteiger partial charge in [0.15, 0.2) is 5.78 Å². The third-order valence-electron chi connectivity index (χ3n) is 5.58. The number of nitroso groups, excluding NO2 is 1. The van der Waals surface area contributed by atoms with Crippen molar-refractivity contribution in [1.82, 2.24) is 19.7 Å². The van der Waals surface area contributed by atoms with Crippen molar-refractivity contribution in [2.24, 2.45) is 5.18 Å². The first kappa shape index (κ1) is 20.3. The zero-order valence-electron chi connectivity index (χ0n) is 16.9. The molecular weight excluding hydrogens is 402 g/mol. The summed E-state index contributed by atoms with van der Waals surface area (Å²) in [6.45, 7) is 3.43. The first-order valence-corrected chi connectivity index (χ1v) is 9.71. The van der Waals surface area contributed by atoms with E-state index in [1.165, 1.54) is 6.92 Å². The zero-order valence-corrected chi connectivity index (χ0v) is 16.9. The number of carbonyl (C=O) groups is 3. The number of rotatable bonds is 4. The van der Waals surface area contributed by atoms with Gasteiger partial charge in [0.05, 0.1) is 12.2 Å². The molecule has 0 spiro atoms. The van der Waals surface area contributed by atoms with Gasteiger partial charge < -0.3 is 10.4 Å². The van der Waals surface area contributed by atoms with Gasteiger partial charge in [-0.15, -0.1) is 4.91 Å². The van der Waals surface area contributed by atoms with Crippen LogP contribution in [0.15, 0.2) is 29.6 Å². The Labute approximate surface area is 176 Å². The fourth-order valence-corrected chi connectivity index (χ4v) is 4.12. The molecule has 10 heteroatoms. The largest absolute Gasteiger partial charge is 0.492 e. The van der Waals surface area contributed by atoms with Gasteiger partial charge >= 0.3 is 5.91 Å². The standard InChI is InChI=1S/C21H19N5O5/c1-10-12(11(2)27)6-7-14-13(10)4-3-5-15(14)22-19(29)16-8-17(20(30)25-31)26-9-18(28)24-21(26)23-16/h6-9,15,28H,3-5H2,1-2H3,(H,22,29). The van der Waals surface area contributed by atoms with Crippen LogP contribution in [0, 0.1) is 11.8 Å². The number of fused-ring (bicyclic) bond motifs is 2. The highest BCUT2D eigenvalue weighted by molar-refractivity contribution is 5.99. The molecule has 0 saturated heterocycles. The number of hydrogen-bond donors (Lipinski definition) is 2. The van der Waals surface area contributed by atoms with Crippen LogP contribution in [0.2, 0.25) is 0 Å². The lowest BCUT2D eigenvalue weighted by molar-refractivity contribution is 0.0926. The second kappa shape index (κ2) is 7.71. The third kappa shape index (κ3) is 3.56. The number of hydrogen-bond acceptors (Lipinski definition) is 7. The van der Waals surface area contributed by atoms with E-state index in [2.05, 4.69) is 20.5 Å². The molecule has 1 aliphatic carbocycles. The van der Waals surface area contributed by atoms with Crippen molar-refractivity contribution in [2.75, 3.05) is 0 Å². The molecule has 2 N–H and O–H groups in total. The van der Waals surface area contributed by atoms with Crippen molar-refractivity contribution in [2.45, 2.75) is 39.2 Å². The Balaban J connectivity index is 1.69. The molecule has 1 aliphatic rings. The van der Waals surface area contributed by atoms with E-state index in [-0.39, 0.29) is 29.0 Å². The SMILES string of the molecule is CC(=O)c1ccc2c(c1C)CCCC2NC(=O)c1cc(C(=O)N=O)n2cc(O)nc2n1. The van der Waals surface area contributed by atoms with Gasteiger partial charge in [0.2, 0.25) is 11.7 Å². The van der Waals surface area contributed by atoms with Gasteiger partial charge in [-0.3, -0.25) is 18.8 Å². The van der Waals surface area contributed by atoms with Crippen molar-refractivity contribution in [3.63, 3.8) is 0 Å². The van der Waals surface area contributed by atoms with Crippen LogP contribution >= 0.6 is 0 Å². The van der Waals surface area contributed by atoms with E-state index in [0.717, 1.165) is 46.2 Å². The number of carbonyl (C=O) groups excluding carboxylic acids is 3. The second-order valence-corrected chi connectivity index (χ2v) is 7.47. The van der Waals surface area contributed by atoms with Crippen LogP contribution in [0.3, 0.4) is 0 Å². The summed E-state index contributed by atoms with van der Waals surface area (Å²) in [7, 11) is 0. The van der Waals surface area contributed by atoms with Crippen LogP contribution in [-0.4, -0.2) is 37.1 Å². The van der Waals surface area contributed by atoms with Gasteiger partial charge in [0.25, 0.3) is 5.91 Å². The molecule has 31 heavy (non-hydrogen) atoms. The van der Waals surface area contributed by atoms with Gasteiger partial charge in [-0.05, 0) is 55.9 Å². The molecule has 4 rings (SSSR count). The minimum atomic E-state index is -1.12. The van der Waals surface area contributed by atoms with Gasteiger partial charge in [-0.2, -0.15) is 4.98 Å². The Morgan fingerprint density at radius 1 is 1.26 bits per heavy atom. The molecule has 0 bridgehead atoms. The molecule has 2 amide bonds. The summed E-state index contributed by atoms with van der Waals surface area (Å²) >= 11 is 0. The molecular formula is C21H19N5O5. The van der Waals surface area contributed by atoms with E-state index < -0.39 is 17.7 Å². The number of nitrogens with zero attached hydrogens (tertiary/aromatic N) is 4. The van der Waals surface area contributed by atoms with Gasteiger partial charge in [0, 0.05) is 10.7 Å². The predicted octanol–water partition coefficient (Wildman–Crippen LogP) is 2.66. The maximum absolute atomic E-state index is 12.9. The lowest BCUT2D eigenvalue weighted by Gasteiger charge is -2.28. The quantitative estimate of drug-likeness (QED) is 0.487. The summed E-state index contributed by atoms with van der Waals surface area (Å²) < 4.78 is 1.10. The molecule has 3 aromatic rings. The van der Waals surface area contributed by atoms with Crippen molar-refractivity contribution >= 4 is 23.4 Å². The number of aromatic nitrogens is 3. The predicted molar refractivity (Wildman–Crippen MR) is 109 cm³/mol. The molecule has 0 fully saturated rings.